The number of anilines is 1. The van der Waals surface area contributed by atoms with Gasteiger partial charge in [0.25, 0.3) is 0 Å². The van der Waals surface area contributed by atoms with Crippen LogP contribution < -0.4 is 5.32 Å². The molecule has 2 unspecified atom stereocenters. The van der Waals surface area contributed by atoms with Gasteiger partial charge in [-0.15, -0.1) is 0 Å². The zero-order valence-corrected chi connectivity index (χ0v) is 9.54. The first kappa shape index (κ1) is 9.54. The SMILES string of the molecule is c1nsc(NC2CCN3CCCCC23)n1. The Hall–Kier alpha value is -0.680. The van der Waals surface area contributed by atoms with Crippen molar-refractivity contribution in [3.63, 3.8) is 0 Å². The number of rotatable bonds is 2. The van der Waals surface area contributed by atoms with Crippen molar-refractivity contribution >= 4 is 16.7 Å². The minimum atomic E-state index is 0.596. The van der Waals surface area contributed by atoms with Gasteiger partial charge in [0.15, 0.2) is 0 Å². The van der Waals surface area contributed by atoms with Crippen LogP contribution in [0, 0.1) is 0 Å². The van der Waals surface area contributed by atoms with Crippen molar-refractivity contribution in [1.82, 2.24) is 14.3 Å². The van der Waals surface area contributed by atoms with Gasteiger partial charge < -0.3 is 5.32 Å². The predicted octanol–water partition coefficient (Wildman–Crippen LogP) is 1.58. The van der Waals surface area contributed by atoms with Crippen LogP contribution in [0.1, 0.15) is 25.7 Å². The second-order valence-corrected chi connectivity index (χ2v) is 5.17. The summed E-state index contributed by atoms with van der Waals surface area (Å²) >= 11 is 1.46. The zero-order valence-electron chi connectivity index (χ0n) is 8.72. The van der Waals surface area contributed by atoms with E-state index in [1.165, 1.54) is 50.3 Å². The van der Waals surface area contributed by atoms with Crippen molar-refractivity contribution in [2.75, 3.05) is 18.4 Å². The van der Waals surface area contributed by atoms with Crippen molar-refractivity contribution in [1.29, 1.82) is 0 Å². The number of hydrogen-bond donors (Lipinski definition) is 1. The Morgan fingerprint density at radius 2 is 2.33 bits per heavy atom. The largest absolute Gasteiger partial charge is 0.356 e. The third-order valence-electron chi connectivity index (χ3n) is 3.53. The van der Waals surface area contributed by atoms with Crippen LogP contribution in [0.4, 0.5) is 5.13 Å². The van der Waals surface area contributed by atoms with Gasteiger partial charge in [0, 0.05) is 30.2 Å². The molecule has 2 aliphatic heterocycles. The summed E-state index contributed by atoms with van der Waals surface area (Å²) < 4.78 is 4.02. The van der Waals surface area contributed by atoms with Gasteiger partial charge in [0.05, 0.1) is 0 Å². The van der Waals surface area contributed by atoms with Crippen molar-refractivity contribution in [3.05, 3.63) is 6.33 Å². The smallest absolute Gasteiger partial charge is 0.202 e. The molecular formula is C10H16N4S. The van der Waals surface area contributed by atoms with Gasteiger partial charge >= 0.3 is 0 Å². The highest BCUT2D eigenvalue weighted by Crippen LogP contribution is 2.29. The minimum Gasteiger partial charge on any atom is -0.356 e. The Bertz CT molecular complexity index is 313. The summed E-state index contributed by atoms with van der Waals surface area (Å²) in [5, 5.41) is 4.50. The van der Waals surface area contributed by atoms with Crippen LogP contribution in [0.15, 0.2) is 6.33 Å². The van der Waals surface area contributed by atoms with Crippen molar-refractivity contribution in [2.24, 2.45) is 0 Å². The number of nitrogens with zero attached hydrogens (tertiary/aromatic N) is 3. The number of piperidine rings is 1. The molecule has 1 N–H and O–H groups in total. The first-order valence-corrected chi connectivity index (χ1v) is 6.48. The van der Waals surface area contributed by atoms with E-state index in [0.29, 0.717) is 6.04 Å². The molecule has 2 saturated heterocycles. The third kappa shape index (κ3) is 1.86. The quantitative estimate of drug-likeness (QED) is 0.828. The van der Waals surface area contributed by atoms with Crippen LogP contribution in [0.2, 0.25) is 0 Å². The highest BCUT2D eigenvalue weighted by Gasteiger charge is 2.35. The Morgan fingerprint density at radius 3 is 3.20 bits per heavy atom. The second-order valence-electron chi connectivity index (χ2n) is 4.39. The average molecular weight is 224 g/mol. The fourth-order valence-corrected chi connectivity index (χ4v) is 3.30. The summed E-state index contributed by atoms with van der Waals surface area (Å²) in [6.07, 6.45) is 6.98. The molecule has 3 rings (SSSR count). The van der Waals surface area contributed by atoms with Gasteiger partial charge in [0.1, 0.15) is 6.33 Å². The lowest BCUT2D eigenvalue weighted by Crippen LogP contribution is -2.41. The molecule has 2 atom stereocenters. The maximum absolute atomic E-state index is 4.20. The highest BCUT2D eigenvalue weighted by molar-refractivity contribution is 7.09. The maximum atomic E-state index is 4.20. The summed E-state index contributed by atoms with van der Waals surface area (Å²) in [6, 6.07) is 1.33. The first-order chi connectivity index (χ1) is 7.43. The molecule has 0 saturated carbocycles. The van der Waals surface area contributed by atoms with E-state index in [1.54, 1.807) is 6.33 Å². The van der Waals surface area contributed by atoms with Crippen LogP contribution in [0.3, 0.4) is 0 Å². The lowest BCUT2D eigenvalue weighted by molar-refractivity contribution is 0.193. The Balaban J connectivity index is 1.67. The number of aromatic nitrogens is 2. The van der Waals surface area contributed by atoms with E-state index in [1.807, 2.05) is 0 Å². The van der Waals surface area contributed by atoms with Crippen molar-refractivity contribution < 1.29 is 0 Å². The normalized spacial score (nSPS) is 31.5. The van der Waals surface area contributed by atoms with Gasteiger partial charge in [-0.3, -0.25) is 4.90 Å². The molecule has 0 aliphatic carbocycles. The van der Waals surface area contributed by atoms with Crippen LogP contribution in [0.5, 0.6) is 0 Å². The van der Waals surface area contributed by atoms with Crippen LogP contribution in [-0.4, -0.2) is 39.4 Å². The molecule has 2 fully saturated rings. The van der Waals surface area contributed by atoms with E-state index >= 15 is 0 Å². The number of hydrogen-bond acceptors (Lipinski definition) is 5. The van der Waals surface area contributed by atoms with E-state index in [2.05, 4.69) is 19.6 Å². The molecule has 2 aliphatic rings. The Morgan fingerprint density at radius 1 is 1.33 bits per heavy atom. The van der Waals surface area contributed by atoms with E-state index in [-0.39, 0.29) is 0 Å². The van der Waals surface area contributed by atoms with Crippen molar-refractivity contribution in [2.45, 2.75) is 37.8 Å². The zero-order chi connectivity index (χ0) is 10.1. The summed E-state index contributed by atoms with van der Waals surface area (Å²) in [4.78, 5) is 6.82. The molecule has 0 spiro atoms. The molecule has 15 heavy (non-hydrogen) atoms. The highest BCUT2D eigenvalue weighted by atomic mass is 32.1. The maximum Gasteiger partial charge on any atom is 0.202 e. The molecule has 0 radical (unpaired) electrons. The second kappa shape index (κ2) is 4.06. The van der Waals surface area contributed by atoms with Gasteiger partial charge in [-0.25, -0.2) is 4.98 Å². The lowest BCUT2D eigenvalue weighted by Gasteiger charge is -2.32. The molecule has 0 bridgehead atoms. The standard InChI is InChI=1S/C10H16N4S/c1-2-5-14-6-4-8(9(14)3-1)13-10-11-7-12-15-10/h7-9H,1-6H2,(H,11,12,13). The molecule has 0 amide bonds. The molecule has 5 heteroatoms. The van der Waals surface area contributed by atoms with Crippen LogP contribution in [0.25, 0.3) is 0 Å². The molecule has 82 valence electrons. The summed E-state index contributed by atoms with van der Waals surface area (Å²) in [6.45, 7) is 2.54. The van der Waals surface area contributed by atoms with Crippen LogP contribution >= 0.6 is 11.5 Å². The van der Waals surface area contributed by atoms with E-state index in [9.17, 15) is 0 Å². The molecule has 1 aromatic rings. The van der Waals surface area contributed by atoms with E-state index in [4.69, 9.17) is 0 Å². The Labute approximate surface area is 93.9 Å². The minimum absolute atomic E-state index is 0.596. The fraction of sp³-hybridized carbons (Fsp3) is 0.800. The lowest BCUT2D eigenvalue weighted by atomic mass is 9.99. The summed E-state index contributed by atoms with van der Waals surface area (Å²) in [5.41, 5.74) is 0. The third-order valence-corrected chi connectivity index (χ3v) is 4.12. The average Bonchev–Trinajstić information content (AvgIpc) is 2.89. The molecular weight excluding hydrogens is 208 g/mol. The summed E-state index contributed by atoms with van der Waals surface area (Å²) in [5.74, 6) is 0. The van der Waals surface area contributed by atoms with Gasteiger partial charge in [-0.05, 0) is 25.8 Å². The molecule has 0 aromatic carbocycles. The molecule has 4 nitrogen and oxygen atoms in total. The van der Waals surface area contributed by atoms with Gasteiger partial charge in [-0.2, -0.15) is 4.37 Å². The predicted molar refractivity (Wildman–Crippen MR) is 61.1 cm³/mol. The fourth-order valence-electron chi connectivity index (χ4n) is 2.81. The number of fused-ring (bicyclic) bond motifs is 1. The summed E-state index contributed by atoms with van der Waals surface area (Å²) in [7, 11) is 0. The van der Waals surface area contributed by atoms with E-state index < -0.39 is 0 Å². The Kier molecular flexibility index (Phi) is 2.58. The van der Waals surface area contributed by atoms with Gasteiger partial charge in [0.2, 0.25) is 5.13 Å². The topological polar surface area (TPSA) is 41.1 Å². The van der Waals surface area contributed by atoms with Crippen molar-refractivity contribution in [3.8, 4) is 0 Å². The molecule has 1 aromatic heterocycles. The van der Waals surface area contributed by atoms with Crippen LogP contribution in [-0.2, 0) is 0 Å². The first-order valence-electron chi connectivity index (χ1n) is 5.71. The van der Waals surface area contributed by atoms with Gasteiger partial charge in [-0.1, -0.05) is 6.42 Å². The monoisotopic (exact) mass is 224 g/mol. The number of nitrogens with one attached hydrogen (secondary N) is 1. The van der Waals surface area contributed by atoms with E-state index in [0.717, 1.165) is 11.2 Å². The molecule has 3 heterocycles.